The van der Waals surface area contributed by atoms with E-state index in [0.717, 1.165) is 15.7 Å². The van der Waals surface area contributed by atoms with Crippen molar-refractivity contribution in [3.8, 4) is 0 Å². The molecule has 1 heterocycles. The molecule has 1 aromatic carbocycles. The van der Waals surface area contributed by atoms with Gasteiger partial charge in [-0.2, -0.15) is 0 Å². The van der Waals surface area contributed by atoms with Crippen LogP contribution in [0.2, 0.25) is 4.34 Å². The Bertz CT molecular complexity index is 567. The fraction of sp³-hybridized carbons (Fsp3) is 0.0833. The van der Waals surface area contributed by atoms with E-state index in [4.69, 9.17) is 11.6 Å². The zero-order chi connectivity index (χ0) is 12.4. The van der Waals surface area contributed by atoms with Crippen LogP contribution in [0.15, 0.2) is 34.8 Å². The van der Waals surface area contributed by atoms with Gasteiger partial charge in [0.2, 0.25) is 0 Å². The Hall–Kier alpha value is -0.840. The van der Waals surface area contributed by atoms with Crippen LogP contribution in [0.25, 0.3) is 0 Å². The largest absolute Gasteiger partial charge is 0.321 e. The lowest BCUT2D eigenvalue weighted by atomic mass is 10.2. The van der Waals surface area contributed by atoms with E-state index in [1.165, 1.54) is 11.3 Å². The fourth-order valence-electron chi connectivity index (χ4n) is 1.35. The molecule has 0 aliphatic carbocycles. The van der Waals surface area contributed by atoms with Crippen LogP contribution in [-0.2, 0) is 0 Å². The van der Waals surface area contributed by atoms with Gasteiger partial charge in [0.1, 0.15) is 0 Å². The van der Waals surface area contributed by atoms with Crippen molar-refractivity contribution in [1.29, 1.82) is 0 Å². The van der Waals surface area contributed by atoms with Gasteiger partial charge in [-0.1, -0.05) is 33.6 Å². The van der Waals surface area contributed by atoms with Crippen molar-refractivity contribution in [2.45, 2.75) is 6.92 Å². The Morgan fingerprint density at radius 3 is 2.76 bits per heavy atom. The molecular formula is C12H9BrClNOS. The van der Waals surface area contributed by atoms with Crippen LogP contribution in [0, 0.1) is 6.92 Å². The second kappa shape index (κ2) is 5.21. The van der Waals surface area contributed by atoms with Crippen LogP contribution < -0.4 is 5.32 Å². The van der Waals surface area contributed by atoms with Crippen molar-refractivity contribution in [3.63, 3.8) is 0 Å². The third-order valence-electron chi connectivity index (χ3n) is 2.24. The lowest BCUT2D eigenvalue weighted by Gasteiger charge is -2.07. The number of halogens is 2. The summed E-state index contributed by atoms with van der Waals surface area (Å²) in [6.07, 6.45) is 0. The maximum atomic E-state index is 11.9. The predicted octanol–water partition coefficient (Wildman–Crippen LogP) is 4.72. The van der Waals surface area contributed by atoms with Gasteiger partial charge in [0.15, 0.2) is 0 Å². The molecule has 0 fully saturated rings. The second-order valence-corrected chi connectivity index (χ2v) is 6.15. The number of hydrogen-bond acceptors (Lipinski definition) is 2. The molecule has 0 aliphatic heterocycles. The lowest BCUT2D eigenvalue weighted by Crippen LogP contribution is -2.11. The van der Waals surface area contributed by atoms with Gasteiger partial charge < -0.3 is 5.32 Å². The highest BCUT2D eigenvalue weighted by Crippen LogP contribution is 2.24. The van der Waals surface area contributed by atoms with E-state index in [-0.39, 0.29) is 5.91 Å². The van der Waals surface area contributed by atoms with E-state index in [0.29, 0.717) is 9.21 Å². The minimum atomic E-state index is -0.136. The Morgan fingerprint density at radius 1 is 1.35 bits per heavy atom. The van der Waals surface area contributed by atoms with Crippen LogP contribution in [0.5, 0.6) is 0 Å². The number of carbonyl (C=O) groups is 1. The number of thiophene rings is 1. The molecule has 0 unspecified atom stereocenters. The van der Waals surface area contributed by atoms with E-state index in [1.54, 1.807) is 12.1 Å². The molecule has 0 radical (unpaired) electrons. The maximum Gasteiger partial charge on any atom is 0.265 e. The second-order valence-electron chi connectivity index (χ2n) is 3.52. The molecule has 0 atom stereocenters. The standard InChI is InChI=1S/C12H9BrClNOS/c1-7-2-3-8(13)6-9(7)15-12(16)10-4-5-11(14)17-10/h2-6H,1H3,(H,15,16). The van der Waals surface area contributed by atoms with Crippen LogP contribution in [0.4, 0.5) is 5.69 Å². The van der Waals surface area contributed by atoms with Crippen molar-refractivity contribution in [3.05, 3.63) is 49.6 Å². The monoisotopic (exact) mass is 329 g/mol. The Morgan fingerprint density at radius 2 is 2.12 bits per heavy atom. The van der Waals surface area contributed by atoms with Gasteiger partial charge in [-0.3, -0.25) is 4.79 Å². The summed E-state index contributed by atoms with van der Waals surface area (Å²) in [7, 11) is 0. The van der Waals surface area contributed by atoms with Gasteiger partial charge in [0, 0.05) is 10.2 Å². The molecule has 0 saturated heterocycles. The third-order valence-corrected chi connectivity index (χ3v) is 3.97. The number of carbonyl (C=O) groups excluding carboxylic acids is 1. The van der Waals surface area contributed by atoms with Gasteiger partial charge in [-0.25, -0.2) is 0 Å². The number of nitrogens with one attached hydrogen (secondary N) is 1. The van der Waals surface area contributed by atoms with Crippen LogP contribution >= 0.6 is 38.9 Å². The lowest BCUT2D eigenvalue weighted by molar-refractivity contribution is 0.103. The number of benzene rings is 1. The van der Waals surface area contributed by atoms with Crippen molar-refractivity contribution >= 4 is 50.5 Å². The number of rotatable bonds is 2. The predicted molar refractivity (Wildman–Crippen MR) is 76.2 cm³/mol. The molecular weight excluding hydrogens is 322 g/mol. The zero-order valence-electron chi connectivity index (χ0n) is 8.96. The summed E-state index contributed by atoms with van der Waals surface area (Å²) in [6, 6.07) is 9.20. The van der Waals surface area contributed by atoms with Crippen molar-refractivity contribution in [2.75, 3.05) is 5.32 Å². The van der Waals surface area contributed by atoms with E-state index in [9.17, 15) is 4.79 Å². The summed E-state index contributed by atoms with van der Waals surface area (Å²) in [5.74, 6) is -0.136. The Labute approximate surface area is 117 Å². The van der Waals surface area contributed by atoms with Gasteiger partial charge in [0.05, 0.1) is 9.21 Å². The summed E-state index contributed by atoms with van der Waals surface area (Å²) in [4.78, 5) is 12.5. The topological polar surface area (TPSA) is 29.1 Å². The molecule has 2 aromatic rings. The Balaban J connectivity index is 2.21. The minimum Gasteiger partial charge on any atom is -0.321 e. The number of aryl methyl sites for hydroxylation is 1. The molecule has 2 rings (SSSR count). The average Bonchev–Trinajstić information content (AvgIpc) is 2.70. The van der Waals surface area contributed by atoms with Gasteiger partial charge in [0.25, 0.3) is 5.91 Å². The molecule has 1 N–H and O–H groups in total. The first-order valence-electron chi connectivity index (χ1n) is 4.89. The van der Waals surface area contributed by atoms with E-state index < -0.39 is 0 Å². The summed E-state index contributed by atoms with van der Waals surface area (Å²) in [6.45, 7) is 1.95. The molecule has 1 amide bonds. The highest BCUT2D eigenvalue weighted by Gasteiger charge is 2.10. The molecule has 0 spiro atoms. The molecule has 0 aliphatic rings. The smallest absolute Gasteiger partial charge is 0.265 e. The summed E-state index contributed by atoms with van der Waals surface area (Å²) in [5, 5.41) is 2.86. The Kier molecular flexibility index (Phi) is 3.86. The number of hydrogen-bond donors (Lipinski definition) is 1. The molecule has 17 heavy (non-hydrogen) atoms. The van der Waals surface area contributed by atoms with E-state index >= 15 is 0 Å². The van der Waals surface area contributed by atoms with Crippen molar-refractivity contribution in [1.82, 2.24) is 0 Å². The summed E-state index contributed by atoms with van der Waals surface area (Å²) >= 11 is 10.4. The highest BCUT2D eigenvalue weighted by atomic mass is 79.9. The molecule has 2 nitrogen and oxygen atoms in total. The summed E-state index contributed by atoms with van der Waals surface area (Å²) < 4.78 is 1.55. The molecule has 0 saturated carbocycles. The van der Waals surface area contributed by atoms with Crippen molar-refractivity contribution < 1.29 is 4.79 Å². The molecule has 0 bridgehead atoms. The highest BCUT2D eigenvalue weighted by molar-refractivity contribution is 9.10. The van der Waals surface area contributed by atoms with Gasteiger partial charge >= 0.3 is 0 Å². The van der Waals surface area contributed by atoms with Crippen LogP contribution in [0.1, 0.15) is 15.2 Å². The normalized spacial score (nSPS) is 10.3. The fourth-order valence-corrected chi connectivity index (χ4v) is 2.65. The van der Waals surface area contributed by atoms with Crippen LogP contribution in [-0.4, -0.2) is 5.91 Å². The van der Waals surface area contributed by atoms with E-state index in [1.807, 2.05) is 25.1 Å². The van der Waals surface area contributed by atoms with Crippen molar-refractivity contribution in [2.24, 2.45) is 0 Å². The summed E-state index contributed by atoms with van der Waals surface area (Å²) in [5.41, 5.74) is 1.82. The number of amides is 1. The third kappa shape index (κ3) is 3.09. The minimum absolute atomic E-state index is 0.136. The quantitative estimate of drug-likeness (QED) is 0.847. The number of anilines is 1. The molecule has 1 aromatic heterocycles. The SMILES string of the molecule is Cc1ccc(Br)cc1NC(=O)c1ccc(Cl)s1. The van der Waals surface area contributed by atoms with Gasteiger partial charge in [-0.15, -0.1) is 11.3 Å². The first-order valence-corrected chi connectivity index (χ1v) is 6.88. The first kappa shape index (κ1) is 12.6. The van der Waals surface area contributed by atoms with Gasteiger partial charge in [-0.05, 0) is 36.8 Å². The molecule has 88 valence electrons. The molecule has 5 heteroatoms. The maximum absolute atomic E-state index is 11.9. The van der Waals surface area contributed by atoms with Crippen LogP contribution in [0.3, 0.4) is 0 Å². The van der Waals surface area contributed by atoms with E-state index in [2.05, 4.69) is 21.2 Å². The zero-order valence-corrected chi connectivity index (χ0v) is 12.1. The first-order chi connectivity index (χ1) is 8.06. The average molecular weight is 331 g/mol.